The van der Waals surface area contributed by atoms with Crippen LogP contribution in [0.1, 0.15) is 25.3 Å². The predicted molar refractivity (Wildman–Crippen MR) is 78.0 cm³/mol. The molecule has 1 aromatic rings. The lowest BCUT2D eigenvalue weighted by molar-refractivity contribution is 0.202. The zero-order valence-electron chi connectivity index (χ0n) is 11.7. The molecule has 1 aliphatic rings. The second kappa shape index (κ2) is 6.38. The molecule has 0 radical (unpaired) electrons. The van der Waals surface area contributed by atoms with E-state index in [4.69, 9.17) is 5.26 Å². The van der Waals surface area contributed by atoms with Gasteiger partial charge < -0.3 is 4.90 Å². The van der Waals surface area contributed by atoms with Gasteiger partial charge in [0.25, 0.3) is 0 Å². The number of benzene rings is 1. The molecule has 1 saturated heterocycles. The summed E-state index contributed by atoms with van der Waals surface area (Å²) in [6.07, 6.45) is 2.29. The number of likely N-dealkylation sites (tertiary alicyclic amines) is 1. The van der Waals surface area contributed by atoms with Gasteiger partial charge in [-0.05, 0) is 50.0 Å². The molecule has 2 rings (SSSR count). The first-order chi connectivity index (χ1) is 9.51. The van der Waals surface area contributed by atoms with Gasteiger partial charge in [-0.25, -0.2) is 8.42 Å². The molecule has 0 spiro atoms. The minimum Gasteiger partial charge on any atom is -0.302 e. The van der Waals surface area contributed by atoms with Gasteiger partial charge in [0, 0.05) is 6.54 Å². The molecule has 0 N–H and O–H groups in total. The van der Waals surface area contributed by atoms with E-state index in [-0.39, 0.29) is 10.6 Å². The Kier molecular flexibility index (Phi) is 4.79. The van der Waals surface area contributed by atoms with Gasteiger partial charge >= 0.3 is 0 Å². The van der Waals surface area contributed by atoms with Crippen molar-refractivity contribution in [3.05, 3.63) is 29.8 Å². The highest BCUT2D eigenvalue weighted by atomic mass is 32.2. The zero-order chi connectivity index (χ0) is 14.6. The monoisotopic (exact) mass is 292 g/mol. The third-order valence-corrected chi connectivity index (χ3v) is 5.57. The van der Waals surface area contributed by atoms with Crippen LogP contribution in [0.15, 0.2) is 29.2 Å². The summed E-state index contributed by atoms with van der Waals surface area (Å²) in [4.78, 5) is 2.47. The van der Waals surface area contributed by atoms with Gasteiger partial charge in [0.05, 0.1) is 22.3 Å². The minimum absolute atomic E-state index is 0.121. The number of nitriles is 1. The highest BCUT2D eigenvalue weighted by Gasteiger charge is 2.20. The standard InChI is InChI=1S/C15H20N2O2S/c1-13-5-7-17(8-6-13)9-10-20(18,19)15-4-2-3-14(11-15)12-16/h2-4,11,13H,5-10H2,1H3. The van der Waals surface area contributed by atoms with Crippen LogP contribution in [0.3, 0.4) is 0 Å². The van der Waals surface area contributed by atoms with E-state index in [1.54, 1.807) is 18.2 Å². The van der Waals surface area contributed by atoms with E-state index in [0.717, 1.165) is 31.8 Å². The van der Waals surface area contributed by atoms with Crippen molar-refractivity contribution in [1.82, 2.24) is 4.90 Å². The van der Waals surface area contributed by atoms with E-state index in [1.165, 1.54) is 6.07 Å². The average Bonchev–Trinajstić information content (AvgIpc) is 2.47. The number of hydrogen-bond donors (Lipinski definition) is 0. The van der Waals surface area contributed by atoms with E-state index in [2.05, 4.69) is 11.8 Å². The summed E-state index contributed by atoms with van der Waals surface area (Å²) in [6, 6.07) is 8.23. The maximum atomic E-state index is 12.3. The van der Waals surface area contributed by atoms with Crippen molar-refractivity contribution in [1.29, 1.82) is 5.26 Å². The number of sulfone groups is 1. The summed E-state index contributed by atoms with van der Waals surface area (Å²) >= 11 is 0. The molecule has 108 valence electrons. The molecule has 4 nitrogen and oxygen atoms in total. The molecule has 0 atom stereocenters. The van der Waals surface area contributed by atoms with Crippen LogP contribution in [-0.2, 0) is 9.84 Å². The Morgan fingerprint density at radius 2 is 2.05 bits per heavy atom. The molecule has 0 aliphatic carbocycles. The number of hydrogen-bond acceptors (Lipinski definition) is 4. The molecular formula is C15H20N2O2S. The molecule has 0 aromatic heterocycles. The molecule has 5 heteroatoms. The Labute approximate surface area is 120 Å². The number of piperidine rings is 1. The van der Waals surface area contributed by atoms with Crippen LogP contribution in [0.4, 0.5) is 0 Å². The highest BCUT2D eigenvalue weighted by Crippen LogP contribution is 2.17. The van der Waals surface area contributed by atoms with Crippen molar-refractivity contribution in [2.75, 3.05) is 25.4 Å². The van der Waals surface area contributed by atoms with Crippen LogP contribution in [0.25, 0.3) is 0 Å². The van der Waals surface area contributed by atoms with Crippen LogP contribution >= 0.6 is 0 Å². The van der Waals surface area contributed by atoms with Crippen LogP contribution in [0.5, 0.6) is 0 Å². The Balaban J connectivity index is 1.99. The van der Waals surface area contributed by atoms with Crippen molar-refractivity contribution < 1.29 is 8.42 Å². The van der Waals surface area contributed by atoms with E-state index in [9.17, 15) is 8.42 Å². The third-order valence-electron chi connectivity index (χ3n) is 3.87. The van der Waals surface area contributed by atoms with Crippen LogP contribution < -0.4 is 0 Å². The molecule has 1 aromatic carbocycles. The van der Waals surface area contributed by atoms with Crippen molar-refractivity contribution in [2.24, 2.45) is 5.92 Å². The van der Waals surface area contributed by atoms with Crippen LogP contribution in [0, 0.1) is 17.2 Å². The first-order valence-electron chi connectivity index (χ1n) is 6.96. The normalized spacial score (nSPS) is 17.8. The van der Waals surface area contributed by atoms with Gasteiger partial charge in [0.2, 0.25) is 0 Å². The van der Waals surface area contributed by atoms with Gasteiger partial charge in [-0.1, -0.05) is 13.0 Å². The number of nitrogens with zero attached hydrogens (tertiary/aromatic N) is 2. The zero-order valence-corrected chi connectivity index (χ0v) is 12.6. The molecule has 0 amide bonds. The van der Waals surface area contributed by atoms with Gasteiger partial charge in [-0.15, -0.1) is 0 Å². The van der Waals surface area contributed by atoms with Crippen molar-refractivity contribution >= 4 is 9.84 Å². The van der Waals surface area contributed by atoms with Crippen LogP contribution in [0.2, 0.25) is 0 Å². The molecule has 0 bridgehead atoms. The molecule has 20 heavy (non-hydrogen) atoms. The fourth-order valence-corrected chi connectivity index (χ4v) is 3.74. The Morgan fingerprint density at radius 1 is 1.35 bits per heavy atom. The lowest BCUT2D eigenvalue weighted by Crippen LogP contribution is -2.36. The van der Waals surface area contributed by atoms with Gasteiger partial charge in [-0.3, -0.25) is 0 Å². The predicted octanol–water partition coefficient (Wildman–Crippen LogP) is 2.06. The fraction of sp³-hybridized carbons (Fsp3) is 0.533. The average molecular weight is 292 g/mol. The molecule has 1 heterocycles. The topological polar surface area (TPSA) is 61.2 Å². The smallest absolute Gasteiger partial charge is 0.179 e. The van der Waals surface area contributed by atoms with E-state index in [0.29, 0.717) is 12.1 Å². The van der Waals surface area contributed by atoms with Crippen LogP contribution in [-0.4, -0.2) is 38.7 Å². The molecule has 1 fully saturated rings. The maximum Gasteiger partial charge on any atom is 0.179 e. The second-order valence-electron chi connectivity index (χ2n) is 5.48. The lowest BCUT2D eigenvalue weighted by atomic mass is 9.99. The minimum atomic E-state index is -3.30. The van der Waals surface area contributed by atoms with Crippen molar-refractivity contribution in [3.63, 3.8) is 0 Å². The Bertz CT molecular complexity index is 597. The first kappa shape index (κ1) is 15.0. The van der Waals surface area contributed by atoms with E-state index in [1.807, 2.05) is 6.07 Å². The van der Waals surface area contributed by atoms with Crippen molar-refractivity contribution in [2.45, 2.75) is 24.7 Å². The summed E-state index contributed by atoms with van der Waals surface area (Å²) in [6.45, 7) is 4.77. The SMILES string of the molecule is CC1CCN(CCS(=O)(=O)c2cccc(C#N)c2)CC1. The van der Waals surface area contributed by atoms with Gasteiger partial charge in [0.1, 0.15) is 0 Å². The summed E-state index contributed by atoms with van der Waals surface area (Å²) in [5.74, 6) is 0.867. The number of rotatable bonds is 4. The molecule has 1 aliphatic heterocycles. The van der Waals surface area contributed by atoms with Gasteiger partial charge in [-0.2, -0.15) is 5.26 Å². The quantitative estimate of drug-likeness (QED) is 0.852. The molecule has 0 unspecified atom stereocenters. The van der Waals surface area contributed by atoms with Gasteiger partial charge in [0.15, 0.2) is 9.84 Å². The fourth-order valence-electron chi connectivity index (χ4n) is 2.41. The lowest BCUT2D eigenvalue weighted by Gasteiger charge is -2.29. The molecular weight excluding hydrogens is 272 g/mol. The summed E-state index contributed by atoms with van der Waals surface area (Å²) < 4.78 is 24.5. The Hall–Kier alpha value is -1.38. The van der Waals surface area contributed by atoms with E-state index < -0.39 is 9.84 Å². The largest absolute Gasteiger partial charge is 0.302 e. The molecule has 0 saturated carbocycles. The van der Waals surface area contributed by atoms with E-state index >= 15 is 0 Å². The van der Waals surface area contributed by atoms with Crippen molar-refractivity contribution in [3.8, 4) is 6.07 Å². The summed E-state index contributed by atoms with van der Waals surface area (Å²) in [5, 5.41) is 8.83. The highest BCUT2D eigenvalue weighted by molar-refractivity contribution is 7.91. The summed E-state index contributed by atoms with van der Waals surface area (Å²) in [7, 11) is -3.30. The first-order valence-corrected chi connectivity index (χ1v) is 8.62. The summed E-state index contributed by atoms with van der Waals surface area (Å²) in [5.41, 5.74) is 0.387. The third kappa shape index (κ3) is 3.81. The maximum absolute atomic E-state index is 12.3. The Morgan fingerprint density at radius 3 is 2.70 bits per heavy atom. The second-order valence-corrected chi connectivity index (χ2v) is 7.59.